The van der Waals surface area contributed by atoms with Crippen LogP contribution in [0.15, 0.2) is 231 Å². The van der Waals surface area contributed by atoms with Gasteiger partial charge in [0, 0.05) is 67.8 Å². The van der Waals surface area contributed by atoms with E-state index in [0.717, 1.165) is 45.6 Å². The van der Waals surface area contributed by atoms with Crippen molar-refractivity contribution in [2.75, 3.05) is 14.5 Å². The fourth-order valence-corrected chi connectivity index (χ4v) is 12.0. The van der Waals surface area contributed by atoms with Gasteiger partial charge in [-0.15, -0.1) is 0 Å². The highest BCUT2D eigenvalue weighted by Crippen LogP contribution is 2.52. The second-order valence-corrected chi connectivity index (χ2v) is 18.0. The van der Waals surface area contributed by atoms with Crippen molar-refractivity contribution in [3.63, 3.8) is 0 Å². The van der Waals surface area contributed by atoms with Gasteiger partial charge in [-0.1, -0.05) is 146 Å². The molecular formula is C60H38B2N4O. The minimum atomic E-state index is -0.137. The minimum Gasteiger partial charge on any atom is -0.458 e. The van der Waals surface area contributed by atoms with E-state index >= 15 is 0 Å². The number of rotatable bonds is 6. The van der Waals surface area contributed by atoms with Gasteiger partial charge in [-0.05, 0) is 112 Å². The lowest BCUT2D eigenvalue weighted by Crippen LogP contribution is -2.73. The van der Waals surface area contributed by atoms with Gasteiger partial charge in [-0.3, -0.25) is 0 Å². The van der Waals surface area contributed by atoms with Crippen LogP contribution in [-0.4, -0.2) is 18.3 Å². The van der Waals surface area contributed by atoms with Gasteiger partial charge in [-0.2, -0.15) is 0 Å². The second kappa shape index (κ2) is 13.9. The lowest BCUT2D eigenvalue weighted by atomic mass is 9.32. The van der Waals surface area contributed by atoms with Crippen LogP contribution in [0, 0.1) is 0 Å². The number of nitrogens with zero attached hydrogens (tertiary/aromatic N) is 4. The van der Waals surface area contributed by atoms with Gasteiger partial charge in [0.25, 0.3) is 0 Å². The van der Waals surface area contributed by atoms with Crippen molar-refractivity contribution in [2.24, 2.45) is 0 Å². The first kappa shape index (κ1) is 36.6. The van der Waals surface area contributed by atoms with Crippen LogP contribution in [0.25, 0.3) is 49.7 Å². The van der Waals surface area contributed by atoms with E-state index in [4.69, 9.17) is 4.74 Å². The van der Waals surface area contributed by atoms with E-state index in [9.17, 15) is 0 Å². The highest BCUT2D eigenvalue weighted by atomic mass is 16.5. The molecule has 15 rings (SSSR count). The van der Waals surface area contributed by atoms with Crippen molar-refractivity contribution in [3.8, 4) is 39.4 Å². The largest absolute Gasteiger partial charge is 0.458 e. The Bertz CT molecular complexity index is 3740. The molecule has 0 saturated carbocycles. The average Bonchev–Trinajstić information content (AvgIpc) is 3.73. The van der Waals surface area contributed by atoms with Crippen molar-refractivity contribution in [2.45, 2.75) is 0 Å². The van der Waals surface area contributed by atoms with E-state index in [0.29, 0.717) is 0 Å². The summed E-state index contributed by atoms with van der Waals surface area (Å²) in [5.41, 5.74) is 21.3. The molecule has 1 aromatic heterocycles. The molecule has 0 unspecified atom stereocenters. The fraction of sp³-hybridized carbons (Fsp3) is 0. The molecule has 10 aromatic carbocycles. The molecule has 0 bridgehead atoms. The van der Waals surface area contributed by atoms with Gasteiger partial charge in [0.1, 0.15) is 11.5 Å². The first-order valence-electron chi connectivity index (χ1n) is 23.2. The first-order valence-corrected chi connectivity index (χ1v) is 23.2. The Morgan fingerprint density at radius 1 is 0.358 bits per heavy atom. The summed E-state index contributed by atoms with van der Waals surface area (Å²) in [4.78, 5) is 4.77. The van der Waals surface area contributed by atoms with Crippen molar-refractivity contribution in [1.29, 1.82) is 0 Å². The summed E-state index contributed by atoms with van der Waals surface area (Å²) < 4.78 is 12.5. The Morgan fingerprint density at radius 3 is 1.49 bits per heavy atom. The summed E-state index contributed by atoms with van der Waals surface area (Å²) in [6, 6.07) is 84.2. The summed E-state index contributed by atoms with van der Waals surface area (Å²) >= 11 is 0. The number of fused-ring (bicyclic) bond motifs is 11. The van der Waals surface area contributed by atoms with Crippen LogP contribution in [0.2, 0.25) is 0 Å². The predicted octanol–water partition coefficient (Wildman–Crippen LogP) is 12.5. The molecule has 4 aliphatic heterocycles. The third-order valence-corrected chi connectivity index (χ3v) is 14.5. The smallest absolute Gasteiger partial charge is 0.319 e. The molecule has 5 heterocycles. The van der Waals surface area contributed by atoms with E-state index in [1.165, 1.54) is 77.3 Å². The molecule has 0 amide bonds. The summed E-state index contributed by atoms with van der Waals surface area (Å²) in [7, 11) is 0. The first-order chi connectivity index (χ1) is 33.3. The molecule has 0 radical (unpaired) electrons. The Hall–Kier alpha value is -8.67. The number of hydrogen-bond donors (Lipinski definition) is 0. The van der Waals surface area contributed by atoms with Gasteiger partial charge < -0.3 is 23.8 Å². The monoisotopic (exact) mass is 852 g/mol. The van der Waals surface area contributed by atoms with E-state index in [1.807, 2.05) is 0 Å². The number of aromatic nitrogens is 1. The van der Waals surface area contributed by atoms with Crippen LogP contribution in [0.5, 0.6) is 11.5 Å². The molecule has 11 aromatic rings. The average molecular weight is 853 g/mol. The number of anilines is 7. The number of benzene rings is 10. The van der Waals surface area contributed by atoms with Gasteiger partial charge in [0.15, 0.2) is 0 Å². The molecule has 0 N–H and O–H groups in total. The van der Waals surface area contributed by atoms with Gasteiger partial charge in [0.2, 0.25) is 0 Å². The summed E-state index contributed by atoms with van der Waals surface area (Å²) in [6.07, 6.45) is 0. The maximum absolute atomic E-state index is 7.14. The highest BCUT2D eigenvalue weighted by molar-refractivity contribution is 7.08. The van der Waals surface area contributed by atoms with E-state index in [2.05, 4.69) is 250 Å². The zero-order valence-electron chi connectivity index (χ0n) is 36.3. The van der Waals surface area contributed by atoms with Crippen LogP contribution in [0.4, 0.5) is 39.8 Å². The van der Waals surface area contributed by atoms with Crippen LogP contribution in [0.3, 0.4) is 0 Å². The maximum atomic E-state index is 7.14. The topological polar surface area (TPSA) is 23.9 Å². The van der Waals surface area contributed by atoms with Crippen LogP contribution in [0.1, 0.15) is 0 Å². The zero-order chi connectivity index (χ0) is 43.7. The summed E-state index contributed by atoms with van der Waals surface area (Å²) in [5, 5.41) is 2.53. The zero-order valence-corrected chi connectivity index (χ0v) is 36.3. The van der Waals surface area contributed by atoms with Gasteiger partial charge in [0.05, 0.1) is 16.7 Å². The maximum Gasteiger partial charge on any atom is 0.319 e. The Balaban J connectivity index is 1.07. The lowest BCUT2D eigenvalue weighted by molar-refractivity contribution is 0.487. The Kier molecular flexibility index (Phi) is 7.61. The third kappa shape index (κ3) is 5.11. The minimum absolute atomic E-state index is 0.114. The molecular weight excluding hydrogens is 814 g/mol. The van der Waals surface area contributed by atoms with E-state index in [1.54, 1.807) is 0 Å². The van der Waals surface area contributed by atoms with Gasteiger partial charge >= 0.3 is 13.7 Å². The number of ether oxygens (including phenoxy) is 1. The molecule has 7 heteroatoms. The SMILES string of the molecule is c1ccc(N(c2ccccc2)c2cc3c4c(c2)-c2cccc5c2N(B4c2ccccc2O3)B2c3c-5cc(N(c4ccccc4)c4ccccc4)cc3-n3c4ccccc4c4cccc2c43)cc1. The molecule has 67 heavy (non-hydrogen) atoms. The molecule has 0 aliphatic carbocycles. The van der Waals surface area contributed by atoms with Crippen LogP contribution < -0.4 is 41.1 Å². The molecule has 0 spiro atoms. The van der Waals surface area contributed by atoms with Crippen molar-refractivity contribution >= 4 is 97.2 Å². The molecule has 5 nitrogen and oxygen atoms in total. The standard InChI is InChI=1S/C60H38B2N4O/c1-5-19-39(20-6-1)63(40-21-7-2-8-22-40)43-35-49-47-28-17-29-48-50-36-44(64(41-23-9-3-10-24-41)42-25-11-4-12-26-42)38-56-58(50)61(51-31-14-16-34-55(51)67-56)66(59(47)48)62-52-32-18-30-46-45-27-13-15-33-53(45)65(60(46)52)54(37-43)57(49)62/h1-38H. The normalized spacial score (nSPS) is 13.1. The van der Waals surface area contributed by atoms with Crippen molar-refractivity contribution < 1.29 is 4.74 Å². The number of para-hydroxylation sites is 8. The molecule has 0 fully saturated rings. The van der Waals surface area contributed by atoms with Gasteiger partial charge in [-0.25, -0.2) is 0 Å². The quantitative estimate of drug-likeness (QED) is 0.156. The summed E-state index contributed by atoms with van der Waals surface area (Å²) in [5.74, 6) is 1.77. The van der Waals surface area contributed by atoms with E-state index < -0.39 is 0 Å². The third-order valence-electron chi connectivity index (χ3n) is 14.5. The Morgan fingerprint density at radius 2 is 0.851 bits per heavy atom. The lowest BCUT2D eigenvalue weighted by Gasteiger charge is -2.50. The van der Waals surface area contributed by atoms with Crippen LogP contribution >= 0.6 is 0 Å². The fourth-order valence-electron chi connectivity index (χ4n) is 12.0. The second-order valence-electron chi connectivity index (χ2n) is 18.0. The summed E-state index contributed by atoms with van der Waals surface area (Å²) in [6.45, 7) is -0.251. The molecule has 4 aliphatic rings. The van der Waals surface area contributed by atoms with Crippen molar-refractivity contribution in [3.05, 3.63) is 231 Å². The predicted molar refractivity (Wildman–Crippen MR) is 280 cm³/mol. The number of hydrogen-bond acceptors (Lipinski definition) is 4. The Labute approximate surface area is 389 Å². The van der Waals surface area contributed by atoms with Crippen LogP contribution in [-0.2, 0) is 0 Å². The molecule has 0 atom stereocenters. The highest BCUT2D eigenvalue weighted by Gasteiger charge is 2.53. The van der Waals surface area contributed by atoms with E-state index in [-0.39, 0.29) is 13.7 Å². The molecule has 0 saturated heterocycles. The van der Waals surface area contributed by atoms with Crippen molar-refractivity contribution in [1.82, 2.24) is 4.57 Å². The molecule has 310 valence electrons.